The molecule has 0 fully saturated rings. The van der Waals surface area contributed by atoms with Crippen molar-refractivity contribution in [2.75, 3.05) is 20.6 Å². The van der Waals surface area contributed by atoms with Gasteiger partial charge in [0.1, 0.15) is 12.2 Å². The third-order valence-corrected chi connectivity index (χ3v) is 3.60. The minimum Gasteiger partial charge on any atom is -0.385 e. The molecular weight excluding hydrogens is 290 g/mol. The molecule has 0 aliphatic rings. The molecule has 114 valence electrons. The summed E-state index contributed by atoms with van der Waals surface area (Å²) in [6.07, 6.45) is -0.670. The molecule has 0 amide bonds. The minimum atomic E-state index is -1.12. The van der Waals surface area contributed by atoms with Gasteiger partial charge in [-0.1, -0.05) is 41.9 Å². The van der Waals surface area contributed by atoms with E-state index in [-0.39, 0.29) is 0 Å². The van der Waals surface area contributed by atoms with E-state index in [0.29, 0.717) is 22.8 Å². The Labute approximate surface area is 129 Å². The van der Waals surface area contributed by atoms with Gasteiger partial charge in [-0.25, -0.2) is 0 Å². The molecule has 0 bridgehead atoms. The van der Waals surface area contributed by atoms with Gasteiger partial charge in [-0.2, -0.15) is 5.10 Å². The fourth-order valence-electron chi connectivity index (χ4n) is 2.12. The Hall–Kier alpha value is -1.40. The first-order chi connectivity index (χ1) is 10.0. The Morgan fingerprint density at radius 2 is 1.86 bits per heavy atom. The Kier molecular flexibility index (Phi) is 5.36. The van der Waals surface area contributed by atoms with Crippen LogP contribution in [0.15, 0.2) is 36.5 Å². The summed E-state index contributed by atoms with van der Waals surface area (Å²) in [4.78, 5) is 2.01. The van der Waals surface area contributed by atoms with Crippen molar-refractivity contribution < 1.29 is 10.2 Å². The molecule has 0 spiro atoms. The summed E-state index contributed by atoms with van der Waals surface area (Å²) in [5.41, 5.74) is 1.08. The second kappa shape index (κ2) is 7.04. The van der Waals surface area contributed by atoms with Gasteiger partial charge in [0, 0.05) is 6.54 Å². The highest BCUT2D eigenvalue weighted by atomic mass is 35.5. The molecule has 2 N–H and O–H groups in total. The first-order valence-corrected chi connectivity index (χ1v) is 7.15. The Balaban J connectivity index is 2.22. The maximum atomic E-state index is 10.4. The molecule has 1 aromatic carbocycles. The quantitative estimate of drug-likeness (QED) is 0.855. The molecule has 21 heavy (non-hydrogen) atoms. The van der Waals surface area contributed by atoms with E-state index in [1.807, 2.05) is 37.2 Å². The monoisotopic (exact) mass is 309 g/mol. The molecule has 5 nitrogen and oxygen atoms in total. The van der Waals surface area contributed by atoms with Crippen LogP contribution in [0.3, 0.4) is 0 Å². The molecule has 0 radical (unpaired) electrons. The molecule has 1 heterocycles. The zero-order valence-electron chi connectivity index (χ0n) is 12.1. The van der Waals surface area contributed by atoms with Crippen LogP contribution < -0.4 is 0 Å². The van der Waals surface area contributed by atoms with Gasteiger partial charge in [-0.3, -0.25) is 4.68 Å². The summed E-state index contributed by atoms with van der Waals surface area (Å²) in [6.45, 7) is 1.35. The number of rotatable bonds is 6. The maximum absolute atomic E-state index is 10.4. The largest absolute Gasteiger partial charge is 0.385 e. The average molecular weight is 310 g/mol. The second-order valence-corrected chi connectivity index (χ2v) is 5.61. The van der Waals surface area contributed by atoms with Gasteiger partial charge in [0.15, 0.2) is 0 Å². The SMILES string of the molecule is CN(C)CCn1ncc(Cl)c1C(O)C(O)c1ccccc1. The van der Waals surface area contributed by atoms with Gasteiger partial charge < -0.3 is 15.1 Å². The first-order valence-electron chi connectivity index (χ1n) is 6.77. The van der Waals surface area contributed by atoms with E-state index in [1.165, 1.54) is 6.20 Å². The molecule has 2 aromatic rings. The van der Waals surface area contributed by atoms with E-state index < -0.39 is 12.2 Å². The van der Waals surface area contributed by atoms with E-state index in [9.17, 15) is 10.2 Å². The molecule has 0 saturated heterocycles. The van der Waals surface area contributed by atoms with Crippen molar-refractivity contribution in [1.82, 2.24) is 14.7 Å². The first kappa shape index (κ1) is 16.0. The van der Waals surface area contributed by atoms with E-state index in [1.54, 1.807) is 16.8 Å². The number of hydrogen-bond donors (Lipinski definition) is 2. The molecule has 0 aliphatic heterocycles. The topological polar surface area (TPSA) is 61.5 Å². The fraction of sp³-hybridized carbons (Fsp3) is 0.400. The molecule has 6 heteroatoms. The highest BCUT2D eigenvalue weighted by molar-refractivity contribution is 6.31. The van der Waals surface area contributed by atoms with Crippen LogP contribution in [-0.2, 0) is 6.54 Å². The van der Waals surface area contributed by atoms with Crippen LogP contribution in [0.1, 0.15) is 23.5 Å². The fourth-order valence-corrected chi connectivity index (χ4v) is 2.37. The zero-order valence-corrected chi connectivity index (χ0v) is 12.9. The number of halogens is 1. The Morgan fingerprint density at radius 3 is 2.48 bits per heavy atom. The van der Waals surface area contributed by atoms with Gasteiger partial charge in [0.25, 0.3) is 0 Å². The van der Waals surface area contributed by atoms with E-state index >= 15 is 0 Å². The van der Waals surface area contributed by atoms with E-state index in [2.05, 4.69) is 5.10 Å². The van der Waals surface area contributed by atoms with Gasteiger partial charge in [-0.15, -0.1) is 0 Å². The number of nitrogens with zero attached hydrogens (tertiary/aromatic N) is 3. The second-order valence-electron chi connectivity index (χ2n) is 5.20. The van der Waals surface area contributed by atoms with Crippen LogP contribution in [0.25, 0.3) is 0 Å². The van der Waals surface area contributed by atoms with Crippen LogP contribution in [0.4, 0.5) is 0 Å². The third kappa shape index (κ3) is 3.83. The summed E-state index contributed by atoms with van der Waals surface area (Å²) < 4.78 is 1.64. The molecule has 2 unspecified atom stereocenters. The lowest BCUT2D eigenvalue weighted by molar-refractivity contribution is 0.0116. The van der Waals surface area contributed by atoms with Crippen molar-refractivity contribution in [2.24, 2.45) is 0 Å². The van der Waals surface area contributed by atoms with E-state index in [4.69, 9.17) is 11.6 Å². The van der Waals surface area contributed by atoms with Gasteiger partial charge in [0.2, 0.25) is 0 Å². The molecule has 0 aliphatic carbocycles. The third-order valence-electron chi connectivity index (χ3n) is 3.31. The predicted octanol–water partition coefficient (Wildman–Crippen LogP) is 1.87. The van der Waals surface area contributed by atoms with Gasteiger partial charge in [0.05, 0.1) is 23.5 Å². The molecule has 0 saturated carbocycles. The standard InChI is InChI=1S/C15H20ClN3O2/c1-18(2)8-9-19-13(12(16)10-17-19)15(21)14(20)11-6-4-3-5-7-11/h3-7,10,14-15,20-21H,8-9H2,1-2H3. The minimum absolute atomic E-state index is 0.358. The van der Waals surface area contributed by atoms with Crippen molar-refractivity contribution in [3.05, 3.63) is 52.8 Å². The molecular formula is C15H20ClN3O2. The van der Waals surface area contributed by atoms with Crippen molar-refractivity contribution >= 4 is 11.6 Å². The number of benzene rings is 1. The van der Waals surface area contributed by atoms with Crippen LogP contribution in [0.5, 0.6) is 0 Å². The maximum Gasteiger partial charge on any atom is 0.127 e. The number of aromatic nitrogens is 2. The van der Waals surface area contributed by atoms with Crippen molar-refractivity contribution in [1.29, 1.82) is 0 Å². The van der Waals surface area contributed by atoms with Crippen molar-refractivity contribution in [2.45, 2.75) is 18.8 Å². The van der Waals surface area contributed by atoms with Gasteiger partial charge in [-0.05, 0) is 19.7 Å². The van der Waals surface area contributed by atoms with Crippen LogP contribution in [0, 0.1) is 0 Å². The molecule has 2 rings (SSSR count). The number of aliphatic hydroxyl groups is 2. The highest BCUT2D eigenvalue weighted by Gasteiger charge is 2.26. The smallest absolute Gasteiger partial charge is 0.127 e. The number of hydrogen-bond acceptors (Lipinski definition) is 4. The average Bonchev–Trinajstić information content (AvgIpc) is 2.85. The predicted molar refractivity (Wildman–Crippen MR) is 82.2 cm³/mol. The Bertz CT molecular complexity index is 572. The normalized spacial score (nSPS) is 14.4. The lowest BCUT2D eigenvalue weighted by Crippen LogP contribution is -2.22. The number of aliphatic hydroxyl groups excluding tert-OH is 2. The van der Waals surface area contributed by atoms with Crippen molar-refractivity contribution in [3.63, 3.8) is 0 Å². The summed E-state index contributed by atoms with van der Waals surface area (Å²) in [5, 5.41) is 25.3. The van der Waals surface area contributed by atoms with Crippen LogP contribution >= 0.6 is 11.6 Å². The highest BCUT2D eigenvalue weighted by Crippen LogP contribution is 2.32. The van der Waals surface area contributed by atoms with Crippen LogP contribution in [-0.4, -0.2) is 45.5 Å². The summed E-state index contributed by atoms with van der Waals surface area (Å²) in [5.74, 6) is 0. The summed E-state index contributed by atoms with van der Waals surface area (Å²) in [7, 11) is 3.92. The molecule has 1 aromatic heterocycles. The van der Waals surface area contributed by atoms with Crippen LogP contribution in [0.2, 0.25) is 5.02 Å². The lowest BCUT2D eigenvalue weighted by atomic mass is 10.0. The van der Waals surface area contributed by atoms with Gasteiger partial charge >= 0.3 is 0 Å². The summed E-state index contributed by atoms with van der Waals surface area (Å²) >= 11 is 6.12. The zero-order chi connectivity index (χ0) is 15.4. The van der Waals surface area contributed by atoms with E-state index in [0.717, 1.165) is 6.54 Å². The summed E-state index contributed by atoms with van der Waals surface area (Å²) in [6, 6.07) is 9.02. The van der Waals surface area contributed by atoms with Crippen molar-refractivity contribution in [3.8, 4) is 0 Å². The Morgan fingerprint density at radius 1 is 1.19 bits per heavy atom. The molecule has 2 atom stereocenters. The number of likely N-dealkylation sites (N-methyl/N-ethyl adjacent to an activating group) is 1. The lowest BCUT2D eigenvalue weighted by Gasteiger charge is -2.20.